The summed E-state index contributed by atoms with van der Waals surface area (Å²) in [5.41, 5.74) is -0.770. The Balaban J connectivity index is 1.68. The Bertz CT molecular complexity index is 755. The lowest BCUT2D eigenvalue weighted by Crippen LogP contribution is -2.38. The molecular weight excluding hydrogens is 340 g/mol. The van der Waals surface area contributed by atoms with Crippen LogP contribution >= 0.6 is 0 Å². The van der Waals surface area contributed by atoms with Crippen LogP contribution in [0.2, 0.25) is 0 Å². The first-order chi connectivity index (χ1) is 11.9. The summed E-state index contributed by atoms with van der Waals surface area (Å²) in [6.07, 6.45) is -2.50. The number of nitrogens with one attached hydrogen (secondary N) is 1. The number of rotatable bonds is 5. The second-order valence-corrected chi connectivity index (χ2v) is 5.98. The fraction of sp³-hybridized carbons (Fsp3) is 0.438. The second kappa shape index (κ2) is 6.81. The van der Waals surface area contributed by atoms with Crippen molar-refractivity contribution in [2.75, 3.05) is 0 Å². The van der Waals surface area contributed by atoms with Crippen molar-refractivity contribution in [1.82, 2.24) is 20.3 Å². The Labute approximate surface area is 141 Å². The van der Waals surface area contributed by atoms with Gasteiger partial charge in [-0.1, -0.05) is 23.8 Å². The zero-order valence-corrected chi connectivity index (χ0v) is 13.1. The molecule has 1 aromatic heterocycles. The maximum absolute atomic E-state index is 13.8. The van der Waals surface area contributed by atoms with Crippen molar-refractivity contribution in [2.45, 2.75) is 38.2 Å². The summed E-state index contributed by atoms with van der Waals surface area (Å²) in [4.78, 5) is 11.7. The molecule has 9 heteroatoms. The van der Waals surface area contributed by atoms with Gasteiger partial charge in [-0.15, -0.1) is 5.10 Å². The maximum Gasteiger partial charge on any atom is 0.418 e. The van der Waals surface area contributed by atoms with Gasteiger partial charge in [0, 0.05) is 0 Å². The number of alkyl halides is 4. The molecule has 1 atom stereocenters. The Morgan fingerprint density at radius 3 is 2.68 bits per heavy atom. The van der Waals surface area contributed by atoms with Crippen LogP contribution in [0.4, 0.5) is 17.6 Å². The van der Waals surface area contributed by atoms with Gasteiger partial charge in [-0.2, -0.15) is 13.2 Å². The van der Waals surface area contributed by atoms with Gasteiger partial charge in [-0.25, -0.2) is 9.07 Å². The van der Waals surface area contributed by atoms with Gasteiger partial charge in [0.05, 0.1) is 24.0 Å². The monoisotopic (exact) mass is 356 g/mol. The minimum Gasteiger partial charge on any atom is -0.348 e. The normalized spacial score (nSPS) is 16.3. The minimum atomic E-state index is -4.53. The topological polar surface area (TPSA) is 59.8 Å². The summed E-state index contributed by atoms with van der Waals surface area (Å²) in [5.74, 6) is -0.968. The quantitative estimate of drug-likeness (QED) is 0.838. The molecule has 5 nitrogen and oxygen atoms in total. The number of hydrogen-bond donors (Lipinski definition) is 1. The number of benzene rings is 1. The standard InChI is InChI=1S/C16H16F4N4O/c17-14(10-4-3-5-10)15(25)21-8-11-9-24(23-22-11)13-7-2-1-6-12(13)16(18,19)20/h1-2,6-7,9-10,14H,3-5,8H2,(H,21,25). The van der Waals surface area contributed by atoms with Crippen molar-refractivity contribution in [2.24, 2.45) is 5.92 Å². The average molecular weight is 356 g/mol. The molecule has 1 amide bonds. The Kier molecular flexibility index (Phi) is 4.73. The summed E-state index contributed by atoms with van der Waals surface area (Å²) in [6, 6.07) is 4.96. The zero-order chi connectivity index (χ0) is 18.0. The molecule has 3 rings (SSSR count). The average Bonchev–Trinajstić information content (AvgIpc) is 2.99. The van der Waals surface area contributed by atoms with Gasteiger partial charge in [0.2, 0.25) is 0 Å². The van der Waals surface area contributed by atoms with Crippen molar-refractivity contribution in [3.63, 3.8) is 0 Å². The van der Waals surface area contributed by atoms with Gasteiger partial charge in [-0.05, 0) is 30.9 Å². The zero-order valence-electron chi connectivity index (χ0n) is 13.1. The van der Waals surface area contributed by atoms with Crippen LogP contribution in [-0.2, 0) is 17.5 Å². The predicted molar refractivity (Wildman–Crippen MR) is 80.4 cm³/mol. The highest BCUT2D eigenvalue weighted by atomic mass is 19.4. The first-order valence-electron chi connectivity index (χ1n) is 7.86. The van der Waals surface area contributed by atoms with Gasteiger partial charge in [-0.3, -0.25) is 4.79 Å². The fourth-order valence-electron chi connectivity index (χ4n) is 2.63. The lowest BCUT2D eigenvalue weighted by atomic mass is 9.81. The third-order valence-electron chi connectivity index (χ3n) is 4.26. The van der Waals surface area contributed by atoms with Crippen LogP contribution in [0.25, 0.3) is 5.69 Å². The molecule has 25 heavy (non-hydrogen) atoms. The summed E-state index contributed by atoms with van der Waals surface area (Å²) >= 11 is 0. The highest BCUT2D eigenvalue weighted by Crippen LogP contribution is 2.33. The van der Waals surface area contributed by atoms with E-state index in [0.29, 0.717) is 12.8 Å². The molecule has 1 N–H and O–H groups in total. The third-order valence-corrected chi connectivity index (χ3v) is 4.26. The van der Waals surface area contributed by atoms with Gasteiger partial charge in [0.25, 0.3) is 5.91 Å². The smallest absolute Gasteiger partial charge is 0.348 e. The molecule has 134 valence electrons. The molecule has 1 unspecified atom stereocenters. The molecule has 0 radical (unpaired) electrons. The number of para-hydroxylation sites is 1. The molecule has 0 bridgehead atoms. The highest BCUT2D eigenvalue weighted by Gasteiger charge is 2.34. The molecule has 0 saturated heterocycles. The third kappa shape index (κ3) is 3.80. The lowest BCUT2D eigenvalue weighted by Gasteiger charge is -2.27. The van der Waals surface area contributed by atoms with E-state index in [-0.39, 0.29) is 23.8 Å². The van der Waals surface area contributed by atoms with Gasteiger partial charge in [0.1, 0.15) is 5.69 Å². The fourth-order valence-corrected chi connectivity index (χ4v) is 2.63. The number of amides is 1. The van der Waals surface area contributed by atoms with Crippen LogP contribution < -0.4 is 5.32 Å². The van der Waals surface area contributed by atoms with E-state index in [9.17, 15) is 22.4 Å². The molecule has 1 aromatic carbocycles. The van der Waals surface area contributed by atoms with Crippen molar-refractivity contribution < 1.29 is 22.4 Å². The van der Waals surface area contributed by atoms with Crippen LogP contribution in [0.3, 0.4) is 0 Å². The molecule has 0 aliphatic heterocycles. The van der Waals surface area contributed by atoms with E-state index < -0.39 is 23.8 Å². The summed E-state index contributed by atoms with van der Waals surface area (Å²) in [5, 5.41) is 9.81. The Hall–Kier alpha value is -2.45. The number of nitrogens with zero attached hydrogens (tertiary/aromatic N) is 3. The number of aromatic nitrogens is 3. The van der Waals surface area contributed by atoms with E-state index in [1.807, 2.05) is 0 Å². The van der Waals surface area contributed by atoms with Crippen LogP contribution in [-0.4, -0.2) is 27.1 Å². The van der Waals surface area contributed by atoms with Crippen LogP contribution in [0.5, 0.6) is 0 Å². The van der Waals surface area contributed by atoms with Crippen molar-refractivity contribution in [1.29, 1.82) is 0 Å². The van der Waals surface area contributed by atoms with Crippen LogP contribution in [0, 0.1) is 5.92 Å². The largest absolute Gasteiger partial charge is 0.418 e. The van der Waals surface area contributed by atoms with E-state index in [4.69, 9.17) is 0 Å². The second-order valence-electron chi connectivity index (χ2n) is 5.98. The van der Waals surface area contributed by atoms with Gasteiger partial charge in [0.15, 0.2) is 6.17 Å². The maximum atomic E-state index is 13.8. The molecule has 2 aromatic rings. The molecular formula is C16H16F4N4O. The van der Waals surface area contributed by atoms with E-state index in [1.165, 1.54) is 24.4 Å². The van der Waals surface area contributed by atoms with Crippen molar-refractivity contribution in [3.8, 4) is 5.69 Å². The van der Waals surface area contributed by atoms with Crippen LogP contribution in [0.1, 0.15) is 30.5 Å². The molecule has 1 fully saturated rings. The Morgan fingerprint density at radius 1 is 1.32 bits per heavy atom. The summed E-state index contributed by atoms with van der Waals surface area (Å²) in [6.45, 7) is -0.0971. The lowest BCUT2D eigenvalue weighted by molar-refractivity contribution is -0.137. The summed E-state index contributed by atoms with van der Waals surface area (Å²) < 4.78 is 53.9. The predicted octanol–water partition coefficient (Wildman–Crippen LogP) is 3.04. The first kappa shape index (κ1) is 17.4. The van der Waals surface area contributed by atoms with E-state index in [0.717, 1.165) is 17.2 Å². The first-order valence-corrected chi connectivity index (χ1v) is 7.86. The summed E-state index contributed by atoms with van der Waals surface area (Å²) in [7, 11) is 0. The Morgan fingerprint density at radius 2 is 2.04 bits per heavy atom. The number of carbonyl (C=O) groups is 1. The van der Waals surface area contributed by atoms with E-state index >= 15 is 0 Å². The van der Waals surface area contributed by atoms with Crippen molar-refractivity contribution in [3.05, 3.63) is 41.7 Å². The van der Waals surface area contributed by atoms with Gasteiger partial charge < -0.3 is 5.32 Å². The van der Waals surface area contributed by atoms with Crippen LogP contribution in [0.15, 0.2) is 30.5 Å². The molecule has 1 aliphatic carbocycles. The number of hydrogen-bond acceptors (Lipinski definition) is 3. The van der Waals surface area contributed by atoms with Gasteiger partial charge >= 0.3 is 6.18 Å². The van der Waals surface area contributed by atoms with E-state index in [1.54, 1.807) is 0 Å². The number of halogens is 4. The molecule has 1 heterocycles. The molecule has 0 spiro atoms. The minimum absolute atomic E-state index is 0.0971. The van der Waals surface area contributed by atoms with E-state index in [2.05, 4.69) is 15.6 Å². The number of carbonyl (C=O) groups excluding carboxylic acids is 1. The molecule has 1 saturated carbocycles. The molecule has 1 aliphatic rings. The van der Waals surface area contributed by atoms with Crippen molar-refractivity contribution >= 4 is 5.91 Å². The SMILES string of the molecule is O=C(NCc1cn(-c2ccccc2C(F)(F)F)nn1)C(F)C1CCC1. The highest BCUT2D eigenvalue weighted by molar-refractivity contribution is 5.81.